The molecule has 5 heteroatoms. The number of rotatable bonds is 8. The molecule has 2 rings (SSSR count). The molecule has 1 N–H and O–H groups in total. The van der Waals surface area contributed by atoms with Crippen LogP contribution in [0.5, 0.6) is 17.2 Å². The summed E-state index contributed by atoms with van der Waals surface area (Å²) >= 11 is 0. The van der Waals surface area contributed by atoms with Crippen LogP contribution in [0.25, 0.3) is 0 Å². The zero-order valence-corrected chi connectivity index (χ0v) is 14.2. The summed E-state index contributed by atoms with van der Waals surface area (Å²) in [6.45, 7) is 4.24. The van der Waals surface area contributed by atoms with Gasteiger partial charge in [0, 0.05) is 0 Å². The van der Waals surface area contributed by atoms with Gasteiger partial charge in [-0.1, -0.05) is 18.2 Å². The molecule has 1 amide bonds. The van der Waals surface area contributed by atoms with Gasteiger partial charge in [-0.25, -0.2) is 0 Å². The molecule has 0 aliphatic heterocycles. The maximum absolute atomic E-state index is 11.9. The SMILES string of the molecule is COc1ccc(OCC(=O)NC(C)COc2ccccc2C)cc1. The third kappa shape index (κ3) is 5.50. The molecule has 0 saturated heterocycles. The molecule has 0 spiro atoms. The topological polar surface area (TPSA) is 56.8 Å². The number of hydrogen-bond acceptors (Lipinski definition) is 4. The molecular weight excluding hydrogens is 306 g/mol. The van der Waals surface area contributed by atoms with Crippen LogP contribution in [0, 0.1) is 6.92 Å². The highest BCUT2D eigenvalue weighted by molar-refractivity contribution is 5.77. The maximum Gasteiger partial charge on any atom is 0.258 e. The fraction of sp³-hybridized carbons (Fsp3) is 0.316. The number of carbonyl (C=O) groups excluding carboxylic acids is 1. The molecule has 0 saturated carbocycles. The van der Waals surface area contributed by atoms with Crippen molar-refractivity contribution in [1.29, 1.82) is 0 Å². The summed E-state index contributed by atoms with van der Waals surface area (Å²) in [4.78, 5) is 11.9. The molecule has 5 nitrogen and oxygen atoms in total. The number of para-hydroxylation sites is 1. The Morgan fingerprint density at radius 1 is 1.04 bits per heavy atom. The molecule has 0 aliphatic rings. The Bertz CT molecular complexity index is 655. The van der Waals surface area contributed by atoms with E-state index in [1.165, 1.54) is 0 Å². The average Bonchev–Trinajstić information content (AvgIpc) is 2.59. The lowest BCUT2D eigenvalue weighted by molar-refractivity contribution is -0.123. The number of amides is 1. The molecular formula is C19H23NO4. The molecule has 1 unspecified atom stereocenters. The standard InChI is InChI=1S/C19H23NO4/c1-14-6-4-5-7-18(14)24-12-15(2)20-19(21)13-23-17-10-8-16(22-3)9-11-17/h4-11,15H,12-13H2,1-3H3,(H,20,21). The fourth-order valence-corrected chi connectivity index (χ4v) is 2.11. The first-order valence-electron chi connectivity index (χ1n) is 7.83. The summed E-state index contributed by atoms with van der Waals surface area (Å²) in [5, 5.41) is 2.85. The molecule has 2 aromatic rings. The highest BCUT2D eigenvalue weighted by Crippen LogP contribution is 2.17. The Morgan fingerprint density at radius 2 is 1.71 bits per heavy atom. The van der Waals surface area contributed by atoms with E-state index in [4.69, 9.17) is 14.2 Å². The van der Waals surface area contributed by atoms with Crippen molar-refractivity contribution in [2.75, 3.05) is 20.3 Å². The molecule has 0 radical (unpaired) electrons. The number of hydrogen-bond donors (Lipinski definition) is 1. The van der Waals surface area contributed by atoms with E-state index in [1.54, 1.807) is 31.4 Å². The Hall–Kier alpha value is -2.69. The van der Waals surface area contributed by atoms with Crippen molar-refractivity contribution in [3.63, 3.8) is 0 Å². The van der Waals surface area contributed by atoms with Crippen LogP contribution < -0.4 is 19.5 Å². The Balaban J connectivity index is 1.72. The van der Waals surface area contributed by atoms with E-state index in [-0.39, 0.29) is 18.6 Å². The summed E-state index contributed by atoms with van der Waals surface area (Å²) in [5.41, 5.74) is 1.07. The molecule has 1 atom stereocenters. The lowest BCUT2D eigenvalue weighted by Gasteiger charge is -2.16. The summed E-state index contributed by atoms with van der Waals surface area (Å²) in [7, 11) is 1.60. The lowest BCUT2D eigenvalue weighted by Crippen LogP contribution is -2.39. The second-order valence-electron chi connectivity index (χ2n) is 5.51. The van der Waals surface area contributed by atoms with Gasteiger partial charge in [-0.2, -0.15) is 0 Å². The average molecular weight is 329 g/mol. The summed E-state index contributed by atoms with van der Waals surface area (Å²) in [5.74, 6) is 2.00. The minimum atomic E-state index is -0.188. The number of nitrogens with one attached hydrogen (secondary N) is 1. The van der Waals surface area contributed by atoms with Gasteiger partial charge in [0.2, 0.25) is 0 Å². The van der Waals surface area contributed by atoms with Gasteiger partial charge in [0.25, 0.3) is 5.91 Å². The first-order chi connectivity index (χ1) is 11.6. The number of benzene rings is 2. The fourth-order valence-electron chi connectivity index (χ4n) is 2.11. The van der Waals surface area contributed by atoms with E-state index in [0.717, 1.165) is 17.1 Å². The third-order valence-corrected chi connectivity index (χ3v) is 3.42. The van der Waals surface area contributed by atoms with Crippen LogP contribution in [-0.2, 0) is 4.79 Å². The van der Waals surface area contributed by atoms with Crippen molar-refractivity contribution in [2.45, 2.75) is 19.9 Å². The van der Waals surface area contributed by atoms with Gasteiger partial charge in [0.15, 0.2) is 6.61 Å². The maximum atomic E-state index is 11.9. The minimum absolute atomic E-state index is 0.0406. The second-order valence-corrected chi connectivity index (χ2v) is 5.51. The number of carbonyl (C=O) groups is 1. The van der Waals surface area contributed by atoms with Gasteiger partial charge >= 0.3 is 0 Å². The zero-order valence-electron chi connectivity index (χ0n) is 14.2. The van der Waals surface area contributed by atoms with Gasteiger partial charge < -0.3 is 19.5 Å². The van der Waals surface area contributed by atoms with E-state index in [1.807, 2.05) is 38.1 Å². The van der Waals surface area contributed by atoms with Crippen molar-refractivity contribution in [3.8, 4) is 17.2 Å². The van der Waals surface area contributed by atoms with E-state index in [2.05, 4.69) is 5.32 Å². The zero-order chi connectivity index (χ0) is 17.4. The largest absolute Gasteiger partial charge is 0.497 e. The van der Waals surface area contributed by atoms with E-state index >= 15 is 0 Å². The van der Waals surface area contributed by atoms with E-state index in [9.17, 15) is 4.79 Å². The molecule has 0 aliphatic carbocycles. The van der Waals surface area contributed by atoms with Crippen molar-refractivity contribution in [3.05, 3.63) is 54.1 Å². The van der Waals surface area contributed by atoms with Gasteiger partial charge in [-0.3, -0.25) is 4.79 Å². The number of aryl methyl sites for hydroxylation is 1. The Morgan fingerprint density at radius 3 is 2.38 bits per heavy atom. The molecule has 0 aromatic heterocycles. The molecule has 0 fully saturated rings. The van der Waals surface area contributed by atoms with Crippen LogP contribution in [0.4, 0.5) is 0 Å². The van der Waals surface area contributed by atoms with E-state index < -0.39 is 0 Å². The third-order valence-electron chi connectivity index (χ3n) is 3.42. The predicted molar refractivity (Wildman–Crippen MR) is 92.8 cm³/mol. The molecule has 24 heavy (non-hydrogen) atoms. The lowest BCUT2D eigenvalue weighted by atomic mass is 10.2. The normalized spacial score (nSPS) is 11.5. The van der Waals surface area contributed by atoms with Crippen molar-refractivity contribution >= 4 is 5.91 Å². The van der Waals surface area contributed by atoms with Crippen molar-refractivity contribution in [2.24, 2.45) is 0 Å². The second kappa shape index (κ2) is 8.82. The van der Waals surface area contributed by atoms with Gasteiger partial charge in [0.05, 0.1) is 13.2 Å². The number of methoxy groups -OCH3 is 1. The molecule has 2 aromatic carbocycles. The quantitative estimate of drug-likeness (QED) is 0.809. The first kappa shape index (κ1) is 17.7. The van der Waals surface area contributed by atoms with Crippen LogP contribution >= 0.6 is 0 Å². The van der Waals surface area contributed by atoms with Crippen molar-refractivity contribution in [1.82, 2.24) is 5.32 Å². The first-order valence-corrected chi connectivity index (χ1v) is 7.83. The Kier molecular flexibility index (Phi) is 6.49. The minimum Gasteiger partial charge on any atom is -0.497 e. The van der Waals surface area contributed by atoms with Gasteiger partial charge in [-0.05, 0) is 49.7 Å². The predicted octanol–water partition coefficient (Wildman–Crippen LogP) is 2.97. The van der Waals surface area contributed by atoms with Crippen LogP contribution in [0.15, 0.2) is 48.5 Å². The summed E-state index contributed by atoms with van der Waals surface area (Å²) < 4.78 is 16.2. The molecule has 0 bridgehead atoms. The summed E-state index contributed by atoms with van der Waals surface area (Å²) in [6, 6.07) is 14.8. The number of ether oxygens (including phenoxy) is 3. The summed E-state index contributed by atoms with van der Waals surface area (Å²) in [6.07, 6.45) is 0. The highest BCUT2D eigenvalue weighted by atomic mass is 16.5. The van der Waals surface area contributed by atoms with Crippen LogP contribution in [0.3, 0.4) is 0 Å². The van der Waals surface area contributed by atoms with Gasteiger partial charge in [-0.15, -0.1) is 0 Å². The van der Waals surface area contributed by atoms with Crippen LogP contribution in [0.2, 0.25) is 0 Å². The highest BCUT2D eigenvalue weighted by Gasteiger charge is 2.09. The van der Waals surface area contributed by atoms with E-state index in [0.29, 0.717) is 12.4 Å². The van der Waals surface area contributed by atoms with Crippen LogP contribution in [-0.4, -0.2) is 32.3 Å². The Labute approximate surface area is 142 Å². The smallest absolute Gasteiger partial charge is 0.258 e. The monoisotopic (exact) mass is 329 g/mol. The van der Waals surface area contributed by atoms with Crippen LogP contribution in [0.1, 0.15) is 12.5 Å². The molecule has 0 heterocycles. The molecule has 128 valence electrons. The van der Waals surface area contributed by atoms with Gasteiger partial charge in [0.1, 0.15) is 23.9 Å². The van der Waals surface area contributed by atoms with Crippen molar-refractivity contribution < 1.29 is 19.0 Å².